The highest BCUT2D eigenvalue weighted by molar-refractivity contribution is 6.09. The van der Waals surface area contributed by atoms with Crippen LogP contribution in [0.3, 0.4) is 0 Å². The van der Waals surface area contributed by atoms with Crippen LogP contribution in [0.1, 0.15) is 17.3 Å². The molecule has 0 fully saturated rings. The van der Waals surface area contributed by atoms with E-state index >= 15 is 0 Å². The highest BCUT2D eigenvalue weighted by Gasteiger charge is 2.18. The maximum atomic E-state index is 12.6. The predicted octanol–water partition coefficient (Wildman–Crippen LogP) is 2.18. The maximum absolute atomic E-state index is 12.6. The van der Waals surface area contributed by atoms with Crippen LogP contribution in [0.2, 0.25) is 0 Å². The Kier molecular flexibility index (Phi) is 4.07. The first-order valence-corrected chi connectivity index (χ1v) is 6.11. The van der Waals surface area contributed by atoms with Crippen molar-refractivity contribution in [3.05, 3.63) is 48.5 Å². The predicted molar refractivity (Wildman–Crippen MR) is 75.4 cm³/mol. The second kappa shape index (κ2) is 5.95. The number of carbonyl (C=O) groups excluding carboxylic acids is 1. The minimum Gasteiger partial charge on any atom is -0.386 e. The first kappa shape index (κ1) is 13.0. The minimum absolute atomic E-state index is 0.0551. The van der Waals surface area contributed by atoms with Gasteiger partial charge in [-0.1, -0.05) is 0 Å². The average Bonchev–Trinajstić information content (AvgIpc) is 2.49. The molecule has 2 aromatic heterocycles. The lowest BCUT2D eigenvalue weighted by atomic mass is 10.2. The molecule has 1 N–H and O–H groups in total. The van der Waals surface area contributed by atoms with Crippen LogP contribution in [0.15, 0.2) is 43.0 Å². The van der Waals surface area contributed by atoms with Crippen LogP contribution in [0.4, 0.5) is 11.4 Å². The number of aromatic nitrogens is 2. The third kappa shape index (κ3) is 2.70. The van der Waals surface area contributed by atoms with Crippen molar-refractivity contribution >= 4 is 17.3 Å². The van der Waals surface area contributed by atoms with Gasteiger partial charge >= 0.3 is 0 Å². The van der Waals surface area contributed by atoms with E-state index < -0.39 is 0 Å². The Morgan fingerprint density at radius 2 is 1.89 bits per heavy atom. The summed E-state index contributed by atoms with van der Waals surface area (Å²) in [7, 11) is 1.77. The van der Waals surface area contributed by atoms with E-state index in [0.29, 0.717) is 12.1 Å². The van der Waals surface area contributed by atoms with Gasteiger partial charge < -0.3 is 10.2 Å². The summed E-state index contributed by atoms with van der Waals surface area (Å²) in [5, 5.41) is 2.98. The van der Waals surface area contributed by atoms with E-state index in [2.05, 4.69) is 15.3 Å². The highest BCUT2D eigenvalue weighted by Crippen LogP contribution is 2.20. The van der Waals surface area contributed by atoms with Gasteiger partial charge in [-0.3, -0.25) is 14.8 Å². The largest absolute Gasteiger partial charge is 0.386 e. The van der Waals surface area contributed by atoms with Crippen LogP contribution in [-0.4, -0.2) is 29.5 Å². The summed E-state index contributed by atoms with van der Waals surface area (Å²) < 4.78 is 0. The molecule has 1 amide bonds. The first-order valence-electron chi connectivity index (χ1n) is 6.11. The molecule has 2 rings (SSSR count). The zero-order valence-corrected chi connectivity index (χ0v) is 11.0. The summed E-state index contributed by atoms with van der Waals surface area (Å²) in [6, 6.07) is 5.36. The number of anilines is 2. The average molecular weight is 256 g/mol. The van der Waals surface area contributed by atoms with Crippen LogP contribution in [0.5, 0.6) is 0 Å². The van der Waals surface area contributed by atoms with E-state index in [1.807, 2.05) is 19.1 Å². The van der Waals surface area contributed by atoms with E-state index in [0.717, 1.165) is 11.4 Å². The van der Waals surface area contributed by atoms with Crippen LogP contribution in [0.25, 0.3) is 0 Å². The molecule has 98 valence electrons. The molecule has 5 nitrogen and oxygen atoms in total. The van der Waals surface area contributed by atoms with Gasteiger partial charge in [-0.15, -0.1) is 0 Å². The Morgan fingerprint density at radius 3 is 2.53 bits per heavy atom. The summed E-state index contributed by atoms with van der Waals surface area (Å²) in [6.07, 6.45) is 6.62. The molecule has 19 heavy (non-hydrogen) atoms. The standard InChI is InChI=1S/C14H16N4O/c1-3-18(11-4-7-16-8-5-11)14(19)12-6-9-17-10-13(12)15-2/h4-10,15H,3H2,1-2H3. The van der Waals surface area contributed by atoms with Crippen LogP contribution in [0, 0.1) is 0 Å². The van der Waals surface area contributed by atoms with Crippen LogP contribution in [-0.2, 0) is 0 Å². The van der Waals surface area contributed by atoms with Crippen molar-refractivity contribution in [3.63, 3.8) is 0 Å². The van der Waals surface area contributed by atoms with Crippen molar-refractivity contribution in [2.75, 3.05) is 23.8 Å². The summed E-state index contributed by atoms with van der Waals surface area (Å²) >= 11 is 0. The number of rotatable bonds is 4. The van der Waals surface area contributed by atoms with Crippen molar-refractivity contribution < 1.29 is 4.79 Å². The molecule has 0 bridgehead atoms. The fourth-order valence-corrected chi connectivity index (χ4v) is 1.89. The minimum atomic E-state index is -0.0551. The fraction of sp³-hybridized carbons (Fsp3) is 0.214. The fourth-order valence-electron chi connectivity index (χ4n) is 1.89. The van der Waals surface area contributed by atoms with Gasteiger partial charge in [0.2, 0.25) is 0 Å². The molecule has 0 unspecified atom stereocenters. The van der Waals surface area contributed by atoms with E-state index in [1.54, 1.807) is 42.8 Å². The molecular formula is C14H16N4O. The van der Waals surface area contributed by atoms with E-state index in [-0.39, 0.29) is 5.91 Å². The van der Waals surface area contributed by atoms with Gasteiger partial charge in [0.25, 0.3) is 5.91 Å². The van der Waals surface area contributed by atoms with Gasteiger partial charge in [-0.2, -0.15) is 0 Å². The molecule has 0 saturated heterocycles. The van der Waals surface area contributed by atoms with E-state index in [1.165, 1.54) is 0 Å². The number of nitrogens with one attached hydrogen (secondary N) is 1. The molecule has 5 heteroatoms. The Balaban J connectivity index is 2.36. The maximum Gasteiger partial charge on any atom is 0.260 e. The molecule has 0 aromatic carbocycles. The van der Waals surface area contributed by atoms with Crippen molar-refractivity contribution in [3.8, 4) is 0 Å². The zero-order valence-electron chi connectivity index (χ0n) is 11.0. The van der Waals surface area contributed by atoms with Gasteiger partial charge in [0, 0.05) is 37.9 Å². The number of hydrogen-bond donors (Lipinski definition) is 1. The Hall–Kier alpha value is -2.43. The van der Waals surface area contributed by atoms with Crippen LogP contribution >= 0.6 is 0 Å². The molecule has 0 saturated carbocycles. The van der Waals surface area contributed by atoms with Gasteiger partial charge in [0.1, 0.15) is 0 Å². The van der Waals surface area contributed by atoms with Gasteiger partial charge in [-0.25, -0.2) is 0 Å². The zero-order chi connectivity index (χ0) is 13.7. The molecular weight excluding hydrogens is 240 g/mol. The van der Waals surface area contributed by atoms with E-state index in [9.17, 15) is 4.79 Å². The summed E-state index contributed by atoms with van der Waals surface area (Å²) in [4.78, 5) is 22.3. The topological polar surface area (TPSA) is 58.1 Å². The molecule has 2 heterocycles. The Labute approximate surface area is 112 Å². The molecule has 0 radical (unpaired) electrons. The first-order chi connectivity index (χ1) is 9.27. The SMILES string of the molecule is CCN(C(=O)c1ccncc1NC)c1ccncc1. The molecule has 0 spiro atoms. The summed E-state index contributed by atoms with van der Waals surface area (Å²) in [5.74, 6) is -0.0551. The number of carbonyl (C=O) groups is 1. The Morgan fingerprint density at radius 1 is 1.21 bits per heavy atom. The van der Waals surface area contributed by atoms with Crippen molar-refractivity contribution in [2.24, 2.45) is 0 Å². The van der Waals surface area contributed by atoms with E-state index in [4.69, 9.17) is 0 Å². The quantitative estimate of drug-likeness (QED) is 0.911. The normalized spacial score (nSPS) is 10.0. The molecule has 0 aliphatic carbocycles. The lowest BCUT2D eigenvalue weighted by molar-refractivity contribution is 0.0989. The van der Waals surface area contributed by atoms with Gasteiger partial charge in [0.15, 0.2) is 0 Å². The van der Waals surface area contributed by atoms with Crippen molar-refractivity contribution in [1.29, 1.82) is 0 Å². The lowest BCUT2D eigenvalue weighted by Crippen LogP contribution is -2.31. The number of amides is 1. The smallest absolute Gasteiger partial charge is 0.260 e. The number of pyridine rings is 2. The Bertz CT molecular complexity index is 556. The number of hydrogen-bond acceptors (Lipinski definition) is 4. The third-order valence-electron chi connectivity index (χ3n) is 2.86. The third-order valence-corrected chi connectivity index (χ3v) is 2.86. The van der Waals surface area contributed by atoms with Gasteiger partial charge in [0.05, 0.1) is 17.4 Å². The molecule has 0 aliphatic rings. The summed E-state index contributed by atoms with van der Waals surface area (Å²) in [5.41, 5.74) is 2.16. The van der Waals surface area contributed by atoms with Crippen LogP contribution < -0.4 is 10.2 Å². The van der Waals surface area contributed by atoms with Crippen molar-refractivity contribution in [2.45, 2.75) is 6.92 Å². The second-order valence-corrected chi connectivity index (χ2v) is 3.93. The number of nitrogens with zero attached hydrogens (tertiary/aromatic N) is 3. The molecule has 0 atom stereocenters. The van der Waals surface area contributed by atoms with Gasteiger partial charge in [-0.05, 0) is 25.1 Å². The van der Waals surface area contributed by atoms with Crippen molar-refractivity contribution in [1.82, 2.24) is 9.97 Å². The highest BCUT2D eigenvalue weighted by atomic mass is 16.2. The molecule has 0 aliphatic heterocycles. The molecule has 2 aromatic rings. The monoisotopic (exact) mass is 256 g/mol. The summed E-state index contributed by atoms with van der Waals surface area (Å²) in [6.45, 7) is 2.53. The second-order valence-electron chi connectivity index (χ2n) is 3.93. The lowest BCUT2D eigenvalue weighted by Gasteiger charge is -2.22.